The van der Waals surface area contributed by atoms with Crippen LogP contribution in [0.25, 0.3) is 11.0 Å². The first kappa shape index (κ1) is 19.1. The Kier molecular flexibility index (Phi) is 5.25. The number of anilines is 2. The number of nitrogens with one attached hydrogen (secondary N) is 1. The molecule has 2 aromatic carbocycles. The number of amides is 3. The fraction of sp³-hybridized carbons (Fsp3) is 0.304. The summed E-state index contributed by atoms with van der Waals surface area (Å²) in [6, 6.07) is 15.1. The molecular formula is C23H25N3O3. The minimum Gasteiger partial charge on any atom is -0.461 e. The first-order chi connectivity index (χ1) is 14.1. The van der Waals surface area contributed by atoms with Crippen LogP contribution in [-0.4, -0.2) is 30.4 Å². The molecule has 29 heavy (non-hydrogen) atoms. The van der Waals surface area contributed by atoms with E-state index in [9.17, 15) is 9.59 Å². The van der Waals surface area contributed by atoms with Crippen molar-refractivity contribution in [3.8, 4) is 0 Å². The molecule has 1 fully saturated rings. The van der Waals surface area contributed by atoms with Gasteiger partial charge in [0.1, 0.15) is 11.3 Å². The second kappa shape index (κ2) is 7.99. The van der Waals surface area contributed by atoms with Crippen LogP contribution in [0.15, 0.2) is 52.9 Å². The van der Waals surface area contributed by atoms with E-state index in [1.54, 1.807) is 16.8 Å². The molecule has 1 saturated heterocycles. The van der Waals surface area contributed by atoms with Gasteiger partial charge in [-0.15, -0.1) is 0 Å². The molecule has 0 spiro atoms. The van der Waals surface area contributed by atoms with E-state index >= 15 is 0 Å². The van der Waals surface area contributed by atoms with Crippen LogP contribution in [0, 0.1) is 0 Å². The maximum atomic E-state index is 12.8. The zero-order chi connectivity index (χ0) is 20.4. The van der Waals surface area contributed by atoms with Crippen molar-refractivity contribution < 1.29 is 14.0 Å². The number of hydrogen-bond donors (Lipinski definition) is 1. The lowest BCUT2D eigenvalue weighted by Gasteiger charge is -2.20. The molecule has 1 aliphatic heterocycles. The van der Waals surface area contributed by atoms with Crippen molar-refractivity contribution in [2.24, 2.45) is 0 Å². The highest BCUT2D eigenvalue weighted by atomic mass is 16.3. The number of para-hydroxylation sites is 1. The molecule has 6 nitrogen and oxygen atoms in total. The van der Waals surface area contributed by atoms with Gasteiger partial charge in [-0.1, -0.05) is 31.2 Å². The summed E-state index contributed by atoms with van der Waals surface area (Å²) in [5.74, 6) is 1.03. The number of fused-ring (bicyclic) bond motifs is 1. The van der Waals surface area contributed by atoms with E-state index in [1.807, 2.05) is 55.5 Å². The molecule has 3 aromatic rings. The molecule has 0 saturated carbocycles. The van der Waals surface area contributed by atoms with Crippen LogP contribution in [0.3, 0.4) is 0 Å². The molecule has 150 valence electrons. The lowest BCUT2D eigenvalue weighted by molar-refractivity contribution is -0.117. The van der Waals surface area contributed by atoms with Crippen molar-refractivity contribution in [3.63, 3.8) is 0 Å². The maximum absolute atomic E-state index is 12.8. The Morgan fingerprint density at radius 3 is 2.79 bits per heavy atom. The quantitative estimate of drug-likeness (QED) is 0.680. The van der Waals surface area contributed by atoms with E-state index < -0.39 is 0 Å². The minimum atomic E-state index is -0.206. The van der Waals surface area contributed by atoms with Gasteiger partial charge in [0.25, 0.3) is 0 Å². The van der Waals surface area contributed by atoms with Crippen LogP contribution in [-0.2, 0) is 17.8 Å². The van der Waals surface area contributed by atoms with Gasteiger partial charge < -0.3 is 19.5 Å². The Bertz CT molecular complexity index is 1060. The molecule has 1 aromatic heterocycles. The normalized spacial score (nSPS) is 13.9. The van der Waals surface area contributed by atoms with Crippen LogP contribution in [0.2, 0.25) is 0 Å². The largest absolute Gasteiger partial charge is 0.461 e. The van der Waals surface area contributed by atoms with Crippen molar-refractivity contribution in [1.82, 2.24) is 4.90 Å². The lowest BCUT2D eigenvalue weighted by atomic mass is 10.1. The highest BCUT2D eigenvalue weighted by molar-refractivity contribution is 5.97. The molecule has 1 aliphatic rings. The van der Waals surface area contributed by atoms with E-state index in [0.29, 0.717) is 18.7 Å². The van der Waals surface area contributed by atoms with Crippen LogP contribution in [0.1, 0.15) is 31.1 Å². The molecule has 0 unspecified atom stereocenters. The third-order valence-electron chi connectivity index (χ3n) is 5.33. The average Bonchev–Trinajstić information content (AvgIpc) is 3.31. The van der Waals surface area contributed by atoms with Crippen molar-refractivity contribution in [3.05, 3.63) is 59.9 Å². The van der Waals surface area contributed by atoms with E-state index in [2.05, 4.69) is 5.32 Å². The van der Waals surface area contributed by atoms with Gasteiger partial charge in [0.15, 0.2) is 0 Å². The Labute approximate surface area is 170 Å². The van der Waals surface area contributed by atoms with Gasteiger partial charge in [-0.2, -0.15) is 0 Å². The van der Waals surface area contributed by atoms with Gasteiger partial charge in [0, 0.05) is 48.8 Å². The molecule has 4 rings (SSSR count). The first-order valence-electron chi connectivity index (χ1n) is 9.98. The molecule has 0 aliphatic carbocycles. The molecule has 0 bridgehead atoms. The Morgan fingerprint density at radius 2 is 2.03 bits per heavy atom. The molecule has 2 heterocycles. The first-order valence-corrected chi connectivity index (χ1v) is 9.98. The van der Waals surface area contributed by atoms with E-state index in [4.69, 9.17) is 4.42 Å². The smallest absolute Gasteiger partial charge is 0.321 e. The fourth-order valence-corrected chi connectivity index (χ4v) is 3.81. The number of urea groups is 1. The van der Waals surface area contributed by atoms with Gasteiger partial charge >= 0.3 is 6.03 Å². The minimum absolute atomic E-state index is 0.129. The molecule has 6 heteroatoms. The van der Waals surface area contributed by atoms with Crippen molar-refractivity contribution in [2.45, 2.75) is 32.7 Å². The topological polar surface area (TPSA) is 65.8 Å². The summed E-state index contributed by atoms with van der Waals surface area (Å²) in [4.78, 5) is 28.2. The second-order valence-electron chi connectivity index (χ2n) is 7.34. The third-order valence-corrected chi connectivity index (χ3v) is 5.33. The number of furan rings is 1. The van der Waals surface area contributed by atoms with E-state index in [-0.39, 0.29) is 11.9 Å². The van der Waals surface area contributed by atoms with Gasteiger partial charge in [-0.3, -0.25) is 4.79 Å². The van der Waals surface area contributed by atoms with Gasteiger partial charge in [-0.25, -0.2) is 4.79 Å². The second-order valence-corrected chi connectivity index (χ2v) is 7.34. The van der Waals surface area contributed by atoms with Crippen LogP contribution in [0.4, 0.5) is 16.2 Å². The molecule has 3 amide bonds. The van der Waals surface area contributed by atoms with E-state index in [0.717, 1.165) is 47.4 Å². The third kappa shape index (κ3) is 3.83. The lowest BCUT2D eigenvalue weighted by Crippen LogP contribution is -2.31. The zero-order valence-electron chi connectivity index (χ0n) is 16.8. The fourth-order valence-electron chi connectivity index (χ4n) is 3.81. The number of carbonyl (C=O) groups is 2. The number of hydrogen-bond acceptors (Lipinski definition) is 3. The van der Waals surface area contributed by atoms with Crippen LogP contribution in [0.5, 0.6) is 0 Å². The molecule has 1 N–H and O–H groups in total. The Morgan fingerprint density at radius 1 is 1.21 bits per heavy atom. The number of rotatable bonds is 5. The predicted octanol–water partition coefficient (Wildman–Crippen LogP) is 4.79. The summed E-state index contributed by atoms with van der Waals surface area (Å²) in [6.45, 7) is 3.23. The predicted molar refractivity (Wildman–Crippen MR) is 114 cm³/mol. The van der Waals surface area contributed by atoms with Gasteiger partial charge in [-0.05, 0) is 30.7 Å². The number of carbonyl (C=O) groups excluding carboxylic acids is 2. The number of aryl methyl sites for hydroxylation is 1. The standard InChI is InChI=1S/C23H25N3O3/c1-3-20-19(18-10-4-5-11-21(18)29-20)15-25(2)23(28)24-16-8-6-9-17(14-16)26-13-7-12-22(26)27/h4-6,8-11,14H,3,7,12-13,15H2,1-2H3,(H,24,28). The van der Waals surface area contributed by atoms with E-state index in [1.165, 1.54) is 0 Å². The highest BCUT2D eigenvalue weighted by Gasteiger charge is 2.22. The van der Waals surface area contributed by atoms with Crippen LogP contribution < -0.4 is 10.2 Å². The monoisotopic (exact) mass is 391 g/mol. The molecule has 0 atom stereocenters. The Hall–Kier alpha value is -3.28. The summed E-state index contributed by atoms with van der Waals surface area (Å²) in [5.41, 5.74) is 3.38. The zero-order valence-corrected chi connectivity index (χ0v) is 16.8. The highest BCUT2D eigenvalue weighted by Crippen LogP contribution is 2.28. The van der Waals surface area contributed by atoms with Crippen molar-refractivity contribution >= 4 is 34.3 Å². The van der Waals surface area contributed by atoms with Gasteiger partial charge in [0.05, 0.1) is 6.54 Å². The summed E-state index contributed by atoms with van der Waals surface area (Å²) in [5, 5.41) is 3.98. The molecular weight excluding hydrogens is 366 g/mol. The number of benzene rings is 2. The summed E-state index contributed by atoms with van der Waals surface area (Å²) >= 11 is 0. The molecule has 0 radical (unpaired) electrons. The van der Waals surface area contributed by atoms with Crippen molar-refractivity contribution in [1.29, 1.82) is 0 Å². The summed E-state index contributed by atoms with van der Waals surface area (Å²) in [6.07, 6.45) is 2.22. The van der Waals surface area contributed by atoms with Crippen LogP contribution >= 0.6 is 0 Å². The summed E-state index contributed by atoms with van der Waals surface area (Å²) in [7, 11) is 1.77. The number of nitrogens with zero attached hydrogens (tertiary/aromatic N) is 2. The van der Waals surface area contributed by atoms with Crippen molar-refractivity contribution in [2.75, 3.05) is 23.8 Å². The summed E-state index contributed by atoms with van der Waals surface area (Å²) < 4.78 is 5.93. The maximum Gasteiger partial charge on any atom is 0.321 e. The SMILES string of the molecule is CCc1oc2ccccc2c1CN(C)C(=O)Nc1cccc(N2CCCC2=O)c1. The Balaban J connectivity index is 1.49. The van der Waals surface area contributed by atoms with Gasteiger partial charge in [0.2, 0.25) is 5.91 Å². The average molecular weight is 391 g/mol.